The molecule has 0 aliphatic heterocycles. The molecule has 0 unspecified atom stereocenters. The van der Waals surface area contributed by atoms with Crippen LogP contribution in [0.25, 0.3) is 65.8 Å². The molecule has 0 aliphatic carbocycles. The first-order valence-electron chi connectivity index (χ1n) is 12.8. The first-order chi connectivity index (χ1) is 19.7. The van der Waals surface area contributed by atoms with E-state index in [2.05, 4.69) is 68.5 Å². The van der Waals surface area contributed by atoms with E-state index < -0.39 is 0 Å². The van der Waals surface area contributed by atoms with E-state index in [1.54, 1.807) is 26.2 Å². The van der Waals surface area contributed by atoms with E-state index >= 15 is 0 Å². The number of para-hydroxylation sites is 2. The molecule has 6 nitrogen and oxygen atoms in total. The van der Waals surface area contributed by atoms with E-state index in [0.717, 1.165) is 67.4 Å². The summed E-state index contributed by atoms with van der Waals surface area (Å²) >= 11 is 0. The topological polar surface area (TPSA) is 96.2 Å². The predicted molar refractivity (Wildman–Crippen MR) is 170 cm³/mol. The number of fused-ring (bicyclic) bond motifs is 5. The Labute approximate surface area is 252 Å². The molecular weight excluding hydrogens is 593 g/mol. The quantitative estimate of drug-likeness (QED) is 0.104. The predicted octanol–water partition coefficient (Wildman–Crippen LogP) is 8.52. The average Bonchev–Trinajstić information content (AvgIpc) is 3.02. The van der Waals surface area contributed by atoms with Crippen LogP contribution in [0.1, 0.15) is 13.8 Å². The van der Waals surface area contributed by atoms with E-state index in [1.165, 1.54) is 0 Å². The molecule has 0 radical (unpaired) electrons. The molecule has 7 rings (SSSR count). The minimum absolute atomic E-state index is 0. The molecule has 0 aliphatic rings. The number of aromatic nitrogens is 4. The fourth-order valence-corrected chi connectivity index (χ4v) is 4.10. The van der Waals surface area contributed by atoms with Crippen molar-refractivity contribution < 1.29 is 19.5 Å². The first kappa shape index (κ1) is 30.8. The number of hydrogen-bond donors (Lipinski definition) is 0. The van der Waals surface area contributed by atoms with Crippen molar-refractivity contribution in [3.8, 4) is 11.4 Å². The normalized spacial score (nSPS) is 9.71. The molecule has 0 spiro atoms. The molecule has 0 bridgehead atoms. The minimum atomic E-state index is 0. The van der Waals surface area contributed by atoms with Gasteiger partial charge in [-0.25, -0.2) is 22.4 Å². The molecule has 41 heavy (non-hydrogen) atoms. The summed E-state index contributed by atoms with van der Waals surface area (Å²) < 4.78 is 0. The van der Waals surface area contributed by atoms with Gasteiger partial charge in [0.1, 0.15) is 0 Å². The Morgan fingerprint density at radius 3 is 1.22 bits per heavy atom. The van der Waals surface area contributed by atoms with Gasteiger partial charge >= 0.3 is 19.5 Å². The van der Waals surface area contributed by atoms with E-state index in [-0.39, 0.29) is 19.5 Å². The third-order valence-electron chi connectivity index (χ3n) is 5.80. The maximum atomic E-state index is 7.44. The summed E-state index contributed by atoms with van der Waals surface area (Å²) in [4.78, 5) is 18.1. The van der Waals surface area contributed by atoms with E-state index in [9.17, 15) is 0 Å². The second kappa shape index (κ2) is 15.8. The third-order valence-corrected chi connectivity index (χ3v) is 5.80. The van der Waals surface area contributed by atoms with Crippen LogP contribution < -0.4 is 0 Å². The molecule has 7 heteroatoms. The van der Waals surface area contributed by atoms with Crippen LogP contribution in [-0.2, 0) is 19.5 Å². The Morgan fingerprint density at radius 2 is 0.805 bits per heavy atom. The Hall–Kier alpha value is -4.74. The van der Waals surface area contributed by atoms with Gasteiger partial charge in [-0.1, -0.05) is 86.6 Å². The SMILES string of the molecule is CC=[N-].CC=[N-].[Ru+2].c1ccc2nc(-c3ccc4ccccc4n3)ccc2c1.c1cnc2c(c1)ccc1cccnc12. The van der Waals surface area contributed by atoms with Gasteiger partial charge in [-0.15, -0.1) is 0 Å². The molecule has 4 aromatic heterocycles. The van der Waals surface area contributed by atoms with Crippen molar-refractivity contribution in [1.29, 1.82) is 0 Å². The summed E-state index contributed by atoms with van der Waals surface area (Å²) in [5.74, 6) is 0. The van der Waals surface area contributed by atoms with Crippen LogP contribution in [0.15, 0.2) is 122 Å². The average molecular weight is 622 g/mol. The molecule has 0 atom stereocenters. The molecule has 0 fully saturated rings. The molecule has 3 aromatic carbocycles. The standard InChI is InChI=1S/C18H12N2.C12H8N2.2C2H4N.Ru/c1-3-7-15-13(5-1)9-11-17(19-15)18-12-10-14-6-2-4-8-16(14)20-18;1-3-9-5-6-10-4-2-8-14-12(10)11(9)13-7-1;2*1-2-3;/h1-12H;1-8H;2*2H,1H3;/q;;2*-1;+2. The van der Waals surface area contributed by atoms with Gasteiger partial charge in [0.25, 0.3) is 0 Å². The van der Waals surface area contributed by atoms with E-state index in [4.69, 9.17) is 10.8 Å². The first-order valence-corrected chi connectivity index (χ1v) is 12.8. The van der Waals surface area contributed by atoms with Gasteiger partial charge in [0.2, 0.25) is 0 Å². The summed E-state index contributed by atoms with van der Waals surface area (Å²) in [6.45, 7) is 3.11. The molecule has 0 saturated carbocycles. The van der Waals surface area contributed by atoms with Gasteiger partial charge in [-0.3, -0.25) is 9.97 Å². The third kappa shape index (κ3) is 7.90. The molecular formula is C34H28N6Ru. The summed E-state index contributed by atoms with van der Waals surface area (Å²) in [6.07, 6.45) is 5.60. The number of nitrogens with zero attached hydrogens (tertiary/aromatic N) is 6. The number of pyridine rings is 4. The molecule has 0 N–H and O–H groups in total. The molecule has 202 valence electrons. The van der Waals surface area contributed by atoms with Crippen LogP contribution in [0.4, 0.5) is 0 Å². The summed E-state index contributed by atoms with van der Waals surface area (Å²) in [7, 11) is 0. The smallest absolute Gasteiger partial charge is 0.814 e. The second-order valence-corrected chi connectivity index (χ2v) is 8.51. The fraction of sp³-hybridized carbons (Fsp3) is 0.0588. The summed E-state index contributed by atoms with van der Waals surface area (Å²) in [6, 6.07) is 36.6. The van der Waals surface area contributed by atoms with Crippen molar-refractivity contribution in [2.24, 2.45) is 0 Å². The maximum absolute atomic E-state index is 7.44. The van der Waals surface area contributed by atoms with Crippen molar-refractivity contribution >= 4 is 56.0 Å². The van der Waals surface area contributed by atoms with Crippen molar-refractivity contribution in [2.45, 2.75) is 13.8 Å². The van der Waals surface area contributed by atoms with Crippen molar-refractivity contribution in [3.63, 3.8) is 0 Å². The minimum Gasteiger partial charge on any atom is -0.814 e. The maximum Gasteiger partial charge on any atom is 2.00 e. The van der Waals surface area contributed by atoms with E-state index in [0.29, 0.717) is 0 Å². The van der Waals surface area contributed by atoms with Crippen molar-refractivity contribution in [2.75, 3.05) is 0 Å². The van der Waals surface area contributed by atoms with Gasteiger partial charge in [-0.05, 0) is 36.4 Å². The van der Waals surface area contributed by atoms with Crippen molar-refractivity contribution in [1.82, 2.24) is 19.9 Å². The van der Waals surface area contributed by atoms with Crippen LogP contribution >= 0.6 is 0 Å². The van der Waals surface area contributed by atoms with Gasteiger partial charge in [0.05, 0.1) is 33.5 Å². The Kier molecular flexibility index (Phi) is 11.8. The zero-order valence-corrected chi connectivity index (χ0v) is 24.5. The molecule has 0 amide bonds. The molecule has 7 aromatic rings. The van der Waals surface area contributed by atoms with Crippen LogP contribution in [0.2, 0.25) is 0 Å². The van der Waals surface area contributed by atoms with Gasteiger partial charge in [0.15, 0.2) is 0 Å². The number of rotatable bonds is 1. The zero-order chi connectivity index (χ0) is 28.2. The summed E-state index contributed by atoms with van der Waals surface area (Å²) in [5, 5.41) is 19.5. The number of hydrogen-bond acceptors (Lipinski definition) is 4. The van der Waals surface area contributed by atoms with Crippen LogP contribution in [-0.4, -0.2) is 32.4 Å². The van der Waals surface area contributed by atoms with Crippen LogP contribution in [0, 0.1) is 0 Å². The van der Waals surface area contributed by atoms with Gasteiger partial charge in [0, 0.05) is 33.9 Å². The van der Waals surface area contributed by atoms with Crippen LogP contribution in [0.3, 0.4) is 0 Å². The van der Waals surface area contributed by atoms with E-state index in [1.807, 2.05) is 60.7 Å². The molecule has 0 saturated heterocycles. The Morgan fingerprint density at radius 1 is 0.463 bits per heavy atom. The van der Waals surface area contributed by atoms with Gasteiger partial charge in [-0.2, -0.15) is 0 Å². The Balaban J connectivity index is 0.000000193. The summed E-state index contributed by atoms with van der Waals surface area (Å²) in [5.41, 5.74) is 5.78. The second-order valence-electron chi connectivity index (χ2n) is 8.51. The monoisotopic (exact) mass is 622 g/mol. The van der Waals surface area contributed by atoms with Crippen molar-refractivity contribution in [3.05, 3.63) is 132 Å². The van der Waals surface area contributed by atoms with Gasteiger partial charge < -0.3 is 10.8 Å². The fourth-order valence-electron chi connectivity index (χ4n) is 4.10. The largest absolute Gasteiger partial charge is 2.00 e. The number of benzene rings is 3. The zero-order valence-electron chi connectivity index (χ0n) is 22.7. The van der Waals surface area contributed by atoms with Crippen LogP contribution in [0.5, 0.6) is 0 Å². The molecule has 4 heterocycles. The Bertz CT molecular complexity index is 1750.